The Kier molecular flexibility index (Phi) is 63.0. The molecule has 0 saturated heterocycles. The second kappa shape index (κ2) is 38.6. The Labute approximate surface area is 165 Å². The molecule has 0 amide bonds. The number of carbonyl (C=O) groups is 5. The zero-order valence-electron chi connectivity index (χ0n) is 11.6. The second-order valence-corrected chi connectivity index (χ2v) is 1.75. The molecule has 0 aliphatic carbocycles. The first-order chi connectivity index (χ1) is 11.4. The molecule has 161 valence electrons. The van der Waals surface area contributed by atoms with Crippen LogP contribution < -0.4 is 26.3 Å². The van der Waals surface area contributed by atoms with Gasteiger partial charge in [-0.3, -0.25) is 0 Å². The average Bonchev–Trinajstić information content (AvgIpc) is 2.56. The van der Waals surface area contributed by atoms with E-state index in [1.807, 2.05) is 0 Å². The Balaban J connectivity index is -0.0000000364. The van der Waals surface area contributed by atoms with Crippen molar-refractivity contribution in [2.75, 3.05) is 0 Å². The van der Waals surface area contributed by atoms with Crippen LogP contribution in [0.4, 0.5) is 24.0 Å². The third kappa shape index (κ3) is 201. The summed E-state index contributed by atoms with van der Waals surface area (Å²) in [6.45, 7) is 0. The normalized spacial score (nSPS) is 6.11. The summed E-state index contributed by atoms with van der Waals surface area (Å²) in [5.41, 5.74) is 0. The molecule has 27 heavy (non-hydrogen) atoms. The van der Waals surface area contributed by atoms with Gasteiger partial charge in [-0.15, -0.1) is 0 Å². The van der Waals surface area contributed by atoms with Crippen molar-refractivity contribution < 1.29 is 134 Å². The molecule has 0 spiro atoms. The molecule has 0 unspecified atom stereocenters. The van der Waals surface area contributed by atoms with Crippen LogP contribution in [0.2, 0.25) is 0 Å². The summed E-state index contributed by atoms with van der Waals surface area (Å²) in [6, 6.07) is 0. The molecular formula is C5H5Fe2O20. The number of carboxylic acid groups (broad SMARTS) is 5. The smallest absolute Gasteiger partial charge is 0.659 e. The quantitative estimate of drug-likeness (QED) is 0.119. The first-order valence-corrected chi connectivity index (χ1v) is 3.99. The molecule has 0 aromatic heterocycles. The van der Waals surface area contributed by atoms with E-state index in [2.05, 4.69) is 24.4 Å². The molecule has 0 bridgehead atoms. The zero-order valence-corrected chi connectivity index (χ0v) is 13.8. The van der Waals surface area contributed by atoms with Crippen molar-refractivity contribution in [2.24, 2.45) is 0 Å². The topological polar surface area (TPSA) is 348 Å². The Hall–Kier alpha value is -2.81. The van der Waals surface area contributed by atoms with Crippen molar-refractivity contribution in [1.82, 2.24) is 0 Å². The molecule has 0 atom stereocenters. The SMILES string of the molecule is O=C(O)O[O-].O=C(O)O[O-].O=C(O)O[O-].O=C(O)O[O-].O=C(O)O[O-].[Fe+2].[Fe+3]. The van der Waals surface area contributed by atoms with E-state index < -0.39 is 30.8 Å². The first-order valence-electron chi connectivity index (χ1n) is 3.99. The maximum absolute atomic E-state index is 8.83. The summed E-state index contributed by atoms with van der Waals surface area (Å²) in [5, 5.41) is 78.6. The predicted octanol–water partition coefficient (Wildman–Crippen LogP) is -5.22. The van der Waals surface area contributed by atoms with E-state index >= 15 is 0 Å². The zero-order chi connectivity index (χ0) is 21.4. The largest absolute Gasteiger partial charge is 3.00 e. The van der Waals surface area contributed by atoms with Crippen molar-refractivity contribution in [3.8, 4) is 0 Å². The van der Waals surface area contributed by atoms with E-state index in [0.717, 1.165) is 0 Å². The first kappa shape index (κ1) is 44.0. The van der Waals surface area contributed by atoms with Crippen LogP contribution in [0.5, 0.6) is 0 Å². The van der Waals surface area contributed by atoms with Crippen LogP contribution in [0.1, 0.15) is 0 Å². The third-order valence-corrected chi connectivity index (χ3v) is 0.356. The van der Waals surface area contributed by atoms with Gasteiger partial charge in [0.15, 0.2) is 0 Å². The van der Waals surface area contributed by atoms with Crippen molar-refractivity contribution in [3.63, 3.8) is 0 Å². The van der Waals surface area contributed by atoms with Gasteiger partial charge >= 0.3 is 64.9 Å². The van der Waals surface area contributed by atoms with Gasteiger partial charge in [0.2, 0.25) is 0 Å². The van der Waals surface area contributed by atoms with Crippen LogP contribution in [-0.4, -0.2) is 56.3 Å². The van der Waals surface area contributed by atoms with Gasteiger partial charge in [-0.2, -0.15) is 0 Å². The van der Waals surface area contributed by atoms with Gasteiger partial charge in [-0.05, 0) is 0 Å². The number of hydrogen-bond acceptors (Lipinski definition) is 15. The van der Waals surface area contributed by atoms with Gasteiger partial charge in [-0.1, -0.05) is 0 Å². The summed E-state index contributed by atoms with van der Waals surface area (Å²) < 4.78 is 0. The van der Waals surface area contributed by atoms with Crippen LogP contribution in [0.3, 0.4) is 0 Å². The van der Waals surface area contributed by atoms with E-state index in [4.69, 9.17) is 75.8 Å². The molecule has 0 aromatic carbocycles. The Morgan fingerprint density at radius 1 is 0.444 bits per heavy atom. The second-order valence-electron chi connectivity index (χ2n) is 1.75. The standard InChI is InChI=1S/5CH2O4.2Fe/c5*2-1(3)5-4;;/h5*4H,(H,2,3);;/q;;;;;+2;+3/p-5. The minimum Gasteiger partial charge on any atom is -0.659 e. The fourth-order valence-electron chi connectivity index (χ4n) is 0. The van der Waals surface area contributed by atoms with E-state index in [1.54, 1.807) is 0 Å². The third-order valence-electron chi connectivity index (χ3n) is 0.356. The van der Waals surface area contributed by atoms with Crippen molar-refractivity contribution in [3.05, 3.63) is 0 Å². The van der Waals surface area contributed by atoms with Gasteiger partial charge in [0.25, 0.3) is 0 Å². The maximum atomic E-state index is 8.83. The average molecular weight is 497 g/mol. The van der Waals surface area contributed by atoms with E-state index in [1.165, 1.54) is 0 Å². The van der Waals surface area contributed by atoms with Crippen LogP contribution in [0, 0.1) is 0 Å². The van der Waals surface area contributed by atoms with Crippen molar-refractivity contribution in [1.29, 1.82) is 0 Å². The Morgan fingerprint density at radius 2 is 0.481 bits per heavy atom. The van der Waals surface area contributed by atoms with E-state index in [0.29, 0.717) is 0 Å². The summed E-state index contributed by atoms with van der Waals surface area (Å²) in [4.78, 5) is 56.2. The monoisotopic (exact) mass is 497 g/mol. The molecule has 1 radical (unpaired) electrons. The van der Waals surface area contributed by atoms with Crippen LogP contribution >= 0.6 is 0 Å². The summed E-state index contributed by atoms with van der Waals surface area (Å²) in [5.74, 6) is 0. The van der Waals surface area contributed by atoms with Gasteiger partial charge in [0.05, 0.1) is 0 Å². The fourth-order valence-corrected chi connectivity index (χ4v) is 0. The molecule has 22 heteroatoms. The van der Waals surface area contributed by atoms with Crippen molar-refractivity contribution >= 4 is 30.8 Å². The van der Waals surface area contributed by atoms with Gasteiger partial charge in [0, 0.05) is 0 Å². The molecule has 0 fully saturated rings. The van der Waals surface area contributed by atoms with Gasteiger partial charge in [-0.25, -0.2) is 24.0 Å². The Bertz CT molecular complexity index is 286. The van der Waals surface area contributed by atoms with E-state index in [-0.39, 0.29) is 34.1 Å². The molecule has 5 N–H and O–H groups in total. The molecule has 0 aromatic rings. The molecule has 20 nitrogen and oxygen atoms in total. The number of hydrogen-bond donors (Lipinski definition) is 5. The molecule has 0 saturated carbocycles. The molecular weight excluding hydrogens is 492 g/mol. The van der Waals surface area contributed by atoms with Gasteiger partial charge in [0.1, 0.15) is 0 Å². The Morgan fingerprint density at radius 3 is 0.481 bits per heavy atom. The molecule has 0 aliphatic heterocycles. The summed E-state index contributed by atoms with van der Waals surface area (Å²) in [6.07, 6.45) is -9.00. The van der Waals surface area contributed by atoms with Gasteiger partial charge < -0.3 is 76.3 Å². The molecule has 0 aliphatic rings. The minimum absolute atomic E-state index is 0. The maximum Gasteiger partial charge on any atom is 3.00 e. The van der Waals surface area contributed by atoms with Crippen LogP contribution in [-0.2, 0) is 58.6 Å². The summed E-state index contributed by atoms with van der Waals surface area (Å²) >= 11 is 0. The predicted molar refractivity (Wildman–Crippen MR) is 45.5 cm³/mol. The van der Waals surface area contributed by atoms with E-state index in [9.17, 15) is 0 Å². The molecule has 0 heterocycles. The molecule has 0 rings (SSSR count). The minimum atomic E-state index is -1.80. The van der Waals surface area contributed by atoms with Crippen LogP contribution in [0.15, 0.2) is 0 Å². The van der Waals surface area contributed by atoms with Crippen molar-refractivity contribution in [2.45, 2.75) is 0 Å². The fraction of sp³-hybridized carbons (Fsp3) is 0. The number of rotatable bonds is 0. The summed E-state index contributed by atoms with van der Waals surface area (Å²) in [7, 11) is 0. The van der Waals surface area contributed by atoms with Crippen LogP contribution in [0.25, 0.3) is 0 Å².